The van der Waals surface area contributed by atoms with E-state index in [0.717, 1.165) is 77.2 Å². The summed E-state index contributed by atoms with van der Waals surface area (Å²) in [5.41, 5.74) is 11.4. The summed E-state index contributed by atoms with van der Waals surface area (Å²) in [7, 11) is 0. The zero-order chi connectivity index (χ0) is 33.8. The number of nitrogens with zero attached hydrogens (tertiary/aromatic N) is 5. The summed E-state index contributed by atoms with van der Waals surface area (Å²) in [6, 6.07) is 57.8. The minimum atomic E-state index is 0.552. The fraction of sp³-hybridized carbons (Fsp3) is 0. The van der Waals surface area contributed by atoms with E-state index in [4.69, 9.17) is 0 Å². The predicted octanol–water partition coefficient (Wildman–Crippen LogP) is 10.8. The Kier molecular flexibility index (Phi) is 6.56. The summed E-state index contributed by atoms with van der Waals surface area (Å²) in [6.45, 7) is 0. The van der Waals surface area contributed by atoms with Crippen molar-refractivity contribution in [2.45, 2.75) is 0 Å². The van der Waals surface area contributed by atoms with Gasteiger partial charge in [0.25, 0.3) is 0 Å². The van der Waals surface area contributed by atoms with Gasteiger partial charge in [0.15, 0.2) is 0 Å². The maximum atomic E-state index is 10.5. The number of benzene rings is 7. The highest BCUT2D eigenvalue weighted by Crippen LogP contribution is 2.42. The van der Waals surface area contributed by atoms with Gasteiger partial charge in [-0.3, -0.25) is 0 Å². The minimum Gasteiger partial charge on any atom is -0.309 e. The number of aromatic nitrogens is 2. The lowest BCUT2D eigenvalue weighted by atomic mass is 9.92. The van der Waals surface area contributed by atoms with Crippen LogP contribution in [0, 0.1) is 34.0 Å². The molecule has 5 heteroatoms. The number of rotatable bonds is 4. The zero-order valence-electron chi connectivity index (χ0n) is 26.7. The Morgan fingerprint density at radius 2 is 1.02 bits per heavy atom. The van der Waals surface area contributed by atoms with E-state index in [1.807, 2.05) is 78.9 Å². The quantitative estimate of drug-likeness (QED) is 0.193. The molecule has 0 unspecified atom stereocenters. The lowest BCUT2D eigenvalue weighted by Crippen LogP contribution is -2.01. The van der Waals surface area contributed by atoms with Crippen LogP contribution in [-0.4, -0.2) is 9.13 Å². The van der Waals surface area contributed by atoms with Crippen molar-refractivity contribution in [3.8, 4) is 51.8 Å². The van der Waals surface area contributed by atoms with Gasteiger partial charge in [0, 0.05) is 32.8 Å². The average molecular weight is 636 g/mol. The van der Waals surface area contributed by atoms with E-state index in [2.05, 4.69) is 100 Å². The molecule has 0 spiro atoms. The summed E-state index contributed by atoms with van der Waals surface area (Å²) in [6.07, 6.45) is 0. The lowest BCUT2D eigenvalue weighted by molar-refractivity contribution is 1.17. The van der Waals surface area contributed by atoms with Gasteiger partial charge in [-0.15, -0.1) is 0 Å². The van der Waals surface area contributed by atoms with Crippen LogP contribution in [0.5, 0.6) is 0 Å². The molecule has 0 amide bonds. The highest BCUT2D eigenvalue weighted by molar-refractivity contribution is 6.12. The fourth-order valence-corrected chi connectivity index (χ4v) is 7.55. The molecule has 0 bridgehead atoms. The van der Waals surface area contributed by atoms with Gasteiger partial charge in [0.2, 0.25) is 0 Å². The summed E-state index contributed by atoms with van der Waals surface area (Å²) in [5.74, 6) is 0. The normalized spacial score (nSPS) is 11.1. The molecule has 0 saturated carbocycles. The Labute approximate surface area is 287 Å². The van der Waals surface area contributed by atoms with E-state index < -0.39 is 0 Å². The van der Waals surface area contributed by atoms with Crippen molar-refractivity contribution in [1.29, 1.82) is 15.8 Å². The molecule has 0 aliphatic carbocycles. The first kappa shape index (κ1) is 28.8. The zero-order valence-corrected chi connectivity index (χ0v) is 26.7. The highest BCUT2D eigenvalue weighted by atomic mass is 15.0. The van der Waals surface area contributed by atoms with Crippen LogP contribution >= 0.6 is 0 Å². The number of hydrogen-bond acceptors (Lipinski definition) is 3. The number of fused-ring (bicyclic) bond motifs is 6. The van der Waals surface area contributed by atoms with Crippen molar-refractivity contribution in [3.63, 3.8) is 0 Å². The Bertz CT molecular complexity index is 2970. The van der Waals surface area contributed by atoms with Gasteiger partial charge >= 0.3 is 0 Å². The number of hydrogen-bond donors (Lipinski definition) is 0. The molecule has 50 heavy (non-hydrogen) atoms. The van der Waals surface area contributed by atoms with Crippen molar-refractivity contribution >= 4 is 43.6 Å². The van der Waals surface area contributed by atoms with Gasteiger partial charge in [0.05, 0.1) is 56.6 Å². The molecule has 0 saturated heterocycles. The van der Waals surface area contributed by atoms with Crippen LogP contribution in [0.15, 0.2) is 152 Å². The molecule has 9 rings (SSSR count). The molecule has 2 aromatic heterocycles. The van der Waals surface area contributed by atoms with Crippen molar-refractivity contribution in [1.82, 2.24) is 9.13 Å². The Morgan fingerprint density at radius 1 is 0.400 bits per heavy atom. The second-order valence-corrected chi connectivity index (χ2v) is 12.3. The molecular weight excluding hydrogens is 611 g/mol. The summed E-state index contributed by atoms with van der Waals surface area (Å²) >= 11 is 0. The van der Waals surface area contributed by atoms with Gasteiger partial charge in [-0.25, -0.2) is 0 Å². The van der Waals surface area contributed by atoms with E-state index in [1.165, 1.54) is 0 Å². The third-order valence-corrected chi connectivity index (χ3v) is 9.63. The van der Waals surface area contributed by atoms with Crippen LogP contribution in [0.2, 0.25) is 0 Å². The third-order valence-electron chi connectivity index (χ3n) is 9.63. The first-order valence-corrected chi connectivity index (χ1v) is 16.3. The smallest absolute Gasteiger partial charge is 0.101 e. The Hall–Kier alpha value is -7.39. The second-order valence-electron chi connectivity index (χ2n) is 12.3. The molecule has 5 nitrogen and oxygen atoms in total. The molecule has 0 aliphatic rings. The summed E-state index contributed by atoms with van der Waals surface area (Å²) in [4.78, 5) is 0. The number of para-hydroxylation sites is 3. The lowest BCUT2D eigenvalue weighted by Gasteiger charge is -2.18. The second kappa shape index (κ2) is 11.4. The summed E-state index contributed by atoms with van der Waals surface area (Å²) in [5, 5.41) is 34.2. The standard InChI is InChI=1S/C45H25N5/c46-26-29-22-23-42-39(24-29)36-16-3-5-19-40(36)50(42)45-32(28-48)12-8-18-37(45)35-15-2-1-14-34(35)30-10-7-13-33(25-30)49-41-20-6-4-17-38(41)44-31(27-47)11-9-21-43(44)49/h1-25H. The largest absolute Gasteiger partial charge is 0.309 e. The van der Waals surface area contributed by atoms with Gasteiger partial charge in [-0.05, 0) is 77.4 Å². The van der Waals surface area contributed by atoms with Gasteiger partial charge in [0.1, 0.15) is 6.07 Å². The molecule has 0 aliphatic heterocycles. The third kappa shape index (κ3) is 4.24. The van der Waals surface area contributed by atoms with Crippen molar-refractivity contribution in [3.05, 3.63) is 168 Å². The maximum Gasteiger partial charge on any atom is 0.101 e. The molecule has 0 N–H and O–H groups in total. The average Bonchev–Trinajstić information content (AvgIpc) is 3.70. The van der Waals surface area contributed by atoms with Crippen molar-refractivity contribution in [2.75, 3.05) is 0 Å². The molecule has 2 heterocycles. The molecule has 0 radical (unpaired) electrons. The van der Waals surface area contributed by atoms with Gasteiger partial charge < -0.3 is 9.13 Å². The van der Waals surface area contributed by atoms with Crippen molar-refractivity contribution < 1.29 is 0 Å². The van der Waals surface area contributed by atoms with E-state index in [-0.39, 0.29) is 0 Å². The van der Waals surface area contributed by atoms with E-state index in [1.54, 1.807) is 0 Å². The molecule has 0 atom stereocenters. The SMILES string of the molecule is N#Cc1ccc2c(c1)c1ccccc1n2-c1c(C#N)cccc1-c1ccccc1-c1cccc(-n2c3ccccc3c3c(C#N)cccc32)c1. The molecule has 0 fully saturated rings. The molecule has 230 valence electrons. The minimum absolute atomic E-state index is 0.552. The molecule has 7 aromatic carbocycles. The van der Waals surface area contributed by atoms with Crippen LogP contribution in [0.1, 0.15) is 16.7 Å². The first-order chi connectivity index (χ1) is 24.7. The number of nitriles is 3. The maximum absolute atomic E-state index is 10.5. The molecule has 9 aromatic rings. The Balaban J connectivity index is 1.29. The van der Waals surface area contributed by atoms with Crippen molar-refractivity contribution in [2.24, 2.45) is 0 Å². The monoisotopic (exact) mass is 635 g/mol. The van der Waals surface area contributed by atoms with Crippen LogP contribution < -0.4 is 0 Å². The van der Waals surface area contributed by atoms with E-state index in [0.29, 0.717) is 16.7 Å². The summed E-state index contributed by atoms with van der Waals surface area (Å²) < 4.78 is 4.39. The van der Waals surface area contributed by atoms with E-state index in [9.17, 15) is 15.8 Å². The highest BCUT2D eigenvalue weighted by Gasteiger charge is 2.21. The predicted molar refractivity (Wildman–Crippen MR) is 200 cm³/mol. The van der Waals surface area contributed by atoms with E-state index >= 15 is 0 Å². The fourth-order valence-electron chi connectivity index (χ4n) is 7.55. The van der Waals surface area contributed by atoms with Gasteiger partial charge in [-0.2, -0.15) is 15.8 Å². The Morgan fingerprint density at radius 3 is 1.82 bits per heavy atom. The van der Waals surface area contributed by atoms with Crippen LogP contribution in [0.4, 0.5) is 0 Å². The van der Waals surface area contributed by atoms with Crippen LogP contribution in [0.25, 0.3) is 77.2 Å². The van der Waals surface area contributed by atoms with Gasteiger partial charge in [-0.1, -0.05) is 91.0 Å². The first-order valence-electron chi connectivity index (χ1n) is 16.3. The van der Waals surface area contributed by atoms with Crippen LogP contribution in [-0.2, 0) is 0 Å². The van der Waals surface area contributed by atoms with Crippen LogP contribution in [0.3, 0.4) is 0 Å². The molecular formula is C45H25N5. The topological polar surface area (TPSA) is 81.2 Å².